The lowest BCUT2D eigenvalue weighted by Gasteiger charge is -2.23. The molecule has 0 atom stereocenters. The Morgan fingerprint density at radius 3 is 2.42 bits per heavy atom. The average molecular weight is 344 g/mol. The van der Waals surface area contributed by atoms with Gasteiger partial charge in [0.05, 0.1) is 0 Å². The molecule has 0 bridgehead atoms. The SMILES string of the molecule is CCCN(C)C(=O)c1ccc(C(C)(C)C)cc1-c1cccc(Cl)c1. The third-order valence-corrected chi connectivity index (χ3v) is 4.39. The van der Waals surface area contributed by atoms with Gasteiger partial charge in [0.15, 0.2) is 0 Å². The van der Waals surface area contributed by atoms with Gasteiger partial charge in [0.1, 0.15) is 0 Å². The zero-order chi connectivity index (χ0) is 17.9. The van der Waals surface area contributed by atoms with E-state index in [0.29, 0.717) is 5.02 Å². The molecule has 0 aliphatic rings. The van der Waals surface area contributed by atoms with E-state index in [1.807, 2.05) is 37.4 Å². The Balaban J connectivity index is 2.60. The standard InChI is InChI=1S/C21H26ClNO/c1-6-12-23(5)20(24)18-11-10-16(21(2,3)4)14-19(18)15-8-7-9-17(22)13-15/h7-11,13-14H,6,12H2,1-5H3. The third kappa shape index (κ3) is 4.18. The maximum Gasteiger partial charge on any atom is 0.254 e. The van der Waals surface area contributed by atoms with Crippen LogP contribution in [0.2, 0.25) is 5.02 Å². The van der Waals surface area contributed by atoms with E-state index in [-0.39, 0.29) is 11.3 Å². The van der Waals surface area contributed by atoms with Gasteiger partial charge in [0, 0.05) is 24.2 Å². The zero-order valence-corrected chi connectivity index (χ0v) is 15.9. The molecular weight excluding hydrogens is 318 g/mol. The molecular formula is C21H26ClNO. The molecule has 0 N–H and O–H groups in total. The van der Waals surface area contributed by atoms with Gasteiger partial charge < -0.3 is 4.90 Å². The predicted octanol–water partition coefficient (Wildman–Crippen LogP) is 5.79. The second-order valence-corrected chi connectivity index (χ2v) is 7.68. The molecule has 128 valence electrons. The summed E-state index contributed by atoms with van der Waals surface area (Å²) in [7, 11) is 1.85. The Morgan fingerprint density at radius 2 is 1.83 bits per heavy atom. The second-order valence-electron chi connectivity index (χ2n) is 7.25. The summed E-state index contributed by atoms with van der Waals surface area (Å²) in [6, 6.07) is 13.8. The maximum absolute atomic E-state index is 12.9. The summed E-state index contributed by atoms with van der Waals surface area (Å²) in [4.78, 5) is 14.6. The van der Waals surface area contributed by atoms with E-state index < -0.39 is 0 Å². The molecule has 2 aromatic rings. The molecule has 1 amide bonds. The van der Waals surface area contributed by atoms with Crippen LogP contribution < -0.4 is 0 Å². The van der Waals surface area contributed by atoms with E-state index in [2.05, 4.69) is 39.8 Å². The van der Waals surface area contributed by atoms with Gasteiger partial charge in [-0.15, -0.1) is 0 Å². The van der Waals surface area contributed by atoms with Crippen molar-refractivity contribution >= 4 is 17.5 Å². The van der Waals surface area contributed by atoms with Crippen molar-refractivity contribution in [3.63, 3.8) is 0 Å². The Kier molecular flexibility index (Phi) is 5.71. The lowest BCUT2D eigenvalue weighted by molar-refractivity contribution is 0.0796. The molecule has 0 unspecified atom stereocenters. The first-order valence-corrected chi connectivity index (χ1v) is 8.77. The minimum absolute atomic E-state index is 0.0181. The van der Waals surface area contributed by atoms with E-state index in [0.717, 1.165) is 29.7 Å². The van der Waals surface area contributed by atoms with Gasteiger partial charge in [-0.05, 0) is 52.8 Å². The molecule has 2 rings (SSSR count). The molecule has 0 aromatic heterocycles. The van der Waals surface area contributed by atoms with Gasteiger partial charge in [-0.3, -0.25) is 4.79 Å². The van der Waals surface area contributed by atoms with Crippen LogP contribution in [0.5, 0.6) is 0 Å². The molecule has 0 spiro atoms. The van der Waals surface area contributed by atoms with E-state index >= 15 is 0 Å². The Hall–Kier alpha value is -1.80. The summed E-state index contributed by atoms with van der Waals surface area (Å²) in [5.41, 5.74) is 3.86. The number of carbonyl (C=O) groups is 1. The summed E-state index contributed by atoms with van der Waals surface area (Å²) in [6.07, 6.45) is 0.939. The minimum atomic E-state index is 0.0181. The third-order valence-electron chi connectivity index (χ3n) is 4.16. The summed E-state index contributed by atoms with van der Waals surface area (Å²) in [6.45, 7) is 9.34. The number of benzene rings is 2. The highest BCUT2D eigenvalue weighted by atomic mass is 35.5. The molecule has 0 radical (unpaired) electrons. The van der Waals surface area contributed by atoms with Crippen LogP contribution in [0.25, 0.3) is 11.1 Å². The normalized spacial score (nSPS) is 11.4. The highest BCUT2D eigenvalue weighted by molar-refractivity contribution is 6.30. The molecule has 0 heterocycles. The van der Waals surface area contributed by atoms with Gasteiger partial charge in [0.25, 0.3) is 5.91 Å². The highest BCUT2D eigenvalue weighted by Crippen LogP contribution is 2.32. The first-order valence-electron chi connectivity index (χ1n) is 8.40. The van der Waals surface area contributed by atoms with Gasteiger partial charge >= 0.3 is 0 Å². The molecule has 0 aliphatic heterocycles. The molecule has 0 saturated heterocycles. The quantitative estimate of drug-likeness (QED) is 0.688. The van der Waals surface area contributed by atoms with Crippen molar-refractivity contribution < 1.29 is 4.79 Å². The fourth-order valence-electron chi connectivity index (χ4n) is 2.73. The van der Waals surface area contributed by atoms with Crippen molar-refractivity contribution in [2.45, 2.75) is 39.5 Å². The van der Waals surface area contributed by atoms with Crippen molar-refractivity contribution in [1.29, 1.82) is 0 Å². The fourth-order valence-corrected chi connectivity index (χ4v) is 2.92. The highest BCUT2D eigenvalue weighted by Gasteiger charge is 2.20. The topological polar surface area (TPSA) is 20.3 Å². The number of halogens is 1. The molecule has 24 heavy (non-hydrogen) atoms. The van der Waals surface area contributed by atoms with Crippen LogP contribution in [0.4, 0.5) is 0 Å². The number of hydrogen-bond donors (Lipinski definition) is 0. The number of hydrogen-bond acceptors (Lipinski definition) is 1. The van der Waals surface area contributed by atoms with Crippen molar-refractivity contribution in [3.8, 4) is 11.1 Å². The van der Waals surface area contributed by atoms with Crippen LogP contribution in [0.15, 0.2) is 42.5 Å². The molecule has 2 nitrogen and oxygen atoms in total. The van der Waals surface area contributed by atoms with Gasteiger partial charge in [-0.2, -0.15) is 0 Å². The number of amides is 1. The predicted molar refractivity (Wildman–Crippen MR) is 103 cm³/mol. The van der Waals surface area contributed by atoms with Gasteiger partial charge in [0.2, 0.25) is 0 Å². The lowest BCUT2D eigenvalue weighted by Crippen LogP contribution is -2.28. The van der Waals surface area contributed by atoms with Crippen LogP contribution >= 0.6 is 11.6 Å². The van der Waals surface area contributed by atoms with Gasteiger partial charge in [-0.1, -0.05) is 57.5 Å². The molecule has 0 aliphatic carbocycles. The zero-order valence-electron chi connectivity index (χ0n) is 15.2. The monoisotopic (exact) mass is 343 g/mol. The maximum atomic E-state index is 12.9. The van der Waals surface area contributed by atoms with Gasteiger partial charge in [-0.25, -0.2) is 0 Å². The molecule has 0 fully saturated rings. The van der Waals surface area contributed by atoms with E-state index in [1.54, 1.807) is 4.90 Å². The number of carbonyl (C=O) groups excluding carboxylic acids is 1. The summed E-state index contributed by atoms with van der Waals surface area (Å²) < 4.78 is 0. The number of nitrogens with zero attached hydrogens (tertiary/aromatic N) is 1. The Morgan fingerprint density at radius 1 is 1.12 bits per heavy atom. The van der Waals surface area contributed by atoms with E-state index in [9.17, 15) is 4.79 Å². The van der Waals surface area contributed by atoms with Crippen molar-refractivity contribution in [2.75, 3.05) is 13.6 Å². The average Bonchev–Trinajstić information content (AvgIpc) is 2.53. The minimum Gasteiger partial charge on any atom is -0.342 e. The van der Waals surface area contributed by atoms with Crippen molar-refractivity contribution in [3.05, 3.63) is 58.6 Å². The first-order chi connectivity index (χ1) is 11.2. The largest absolute Gasteiger partial charge is 0.342 e. The summed E-state index contributed by atoms with van der Waals surface area (Å²) in [5.74, 6) is 0.0484. The van der Waals surface area contributed by atoms with E-state index in [4.69, 9.17) is 11.6 Å². The molecule has 3 heteroatoms. The summed E-state index contributed by atoms with van der Waals surface area (Å²) in [5, 5.41) is 0.675. The Bertz CT molecular complexity index is 731. The van der Waals surface area contributed by atoms with Crippen LogP contribution in [0.3, 0.4) is 0 Å². The van der Waals surface area contributed by atoms with E-state index in [1.165, 1.54) is 5.56 Å². The molecule has 2 aromatic carbocycles. The van der Waals surface area contributed by atoms with Crippen LogP contribution in [-0.4, -0.2) is 24.4 Å². The van der Waals surface area contributed by atoms with Crippen LogP contribution in [0, 0.1) is 0 Å². The van der Waals surface area contributed by atoms with Crippen LogP contribution in [-0.2, 0) is 5.41 Å². The van der Waals surface area contributed by atoms with Crippen molar-refractivity contribution in [2.24, 2.45) is 0 Å². The Labute approximate surface area is 150 Å². The summed E-state index contributed by atoms with van der Waals surface area (Å²) >= 11 is 6.17. The fraction of sp³-hybridized carbons (Fsp3) is 0.381. The van der Waals surface area contributed by atoms with Crippen molar-refractivity contribution in [1.82, 2.24) is 4.90 Å². The molecule has 0 saturated carbocycles. The lowest BCUT2D eigenvalue weighted by atomic mass is 9.84. The van der Waals surface area contributed by atoms with Crippen LogP contribution in [0.1, 0.15) is 50.0 Å². The second kappa shape index (κ2) is 7.40. The number of rotatable bonds is 4. The smallest absolute Gasteiger partial charge is 0.254 e. The first kappa shape index (κ1) is 18.5.